The Morgan fingerprint density at radius 3 is 2.42 bits per heavy atom. The van der Waals surface area contributed by atoms with Gasteiger partial charge in [0.1, 0.15) is 17.6 Å². The van der Waals surface area contributed by atoms with E-state index in [1.165, 1.54) is 4.68 Å². The van der Waals surface area contributed by atoms with Crippen molar-refractivity contribution in [1.29, 1.82) is 0 Å². The number of anilines is 1. The lowest BCUT2D eigenvalue weighted by Crippen LogP contribution is -2.49. The molecule has 2 N–H and O–H groups in total. The largest absolute Gasteiger partial charge is 0.339 e. The van der Waals surface area contributed by atoms with E-state index in [1.807, 2.05) is 20.0 Å². The lowest BCUT2D eigenvalue weighted by atomic mass is 9.79. The number of rotatable bonds is 6. The number of aromatic nitrogens is 6. The molecule has 0 radical (unpaired) electrons. The number of nitrogens with one attached hydrogen (secondary N) is 2. The maximum Gasteiger partial charge on any atom is 0.270 e. The van der Waals surface area contributed by atoms with Gasteiger partial charge in [-0.3, -0.25) is 14.3 Å². The maximum absolute atomic E-state index is 13.3. The van der Waals surface area contributed by atoms with E-state index in [4.69, 9.17) is 0 Å². The number of carbonyl (C=O) groups excluding carboxylic acids is 2. The normalized spacial score (nSPS) is 19.2. The highest BCUT2D eigenvalue weighted by molar-refractivity contribution is 6.00. The van der Waals surface area contributed by atoms with Crippen LogP contribution in [0.3, 0.4) is 0 Å². The van der Waals surface area contributed by atoms with Gasteiger partial charge in [-0.15, -0.1) is 5.10 Å². The molecule has 0 aliphatic heterocycles. The molecule has 1 saturated carbocycles. The molecule has 3 heterocycles. The summed E-state index contributed by atoms with van der Waals surface area (Å²) in [5.41, 5.74) is 2.96. The fraction of sp³-hybridized carbons (Fsp3) is 0.478. The molecule has 1 aliphatic rings. The average molecular weight is 451 g/mol. The van der Waals surface area contributed by atoms with Gasteiger partial charge in [0.25, 0.3) is 5.91 Å². The minimum absolute atomic E-state index is 0.0702. The summed E-state index contributed by atoms with van der Waals surface area (Å²) in [6.45, 7) is 4.11. The number of nitrogens with zero attached hydrogens (tertiary/aromatic N) is 6. The van der Waals surface area contributed by atoms with Crippen LogP contribution in [0.15, 0.2) is 30.6 Å². The van der Waals surface area contributed by atoms with Gasteiger partial charge in [-0.05, 0) is 49.8 Å². The Morgan fingerprint density at radius 1 is 1.09 bits per heavy atom. The molecule has 3 aromatic rings. The van der Waals surface area contributed by atoms with Gasteiger partial charge in [0, 0.05) is 32.1 Å². The average Bonchev–Trinajstić information content (AvgIpc) is 3.38. The lowest BCUT2D eigenvalue weighted by Gasteiger charge is -2.32. The highest BCUT2D eigenvalue weighted by Crippen LogP contribution is 2.31. The first kappa shape index (κ1) is 22.6. The molecular formula is C23H30N8O2. The zero-order chi connectivity index (χ0) is 23.5. The number of aryl methyl sites for hydroxylation is 3. The van der Waals surface area contributed by atoms with Crippen molar-refractivity contribution in [2.24, 2.45) is 25.9 Å². The molecule has 10 nitrogen and oxygen atoms in total. The van der Waals surface area contributed by atoms with E-state index in [9.17, 15) is 9.59 Å². The van der Waals surface area contributed by atoms with Crippen LogP contribution in [-0.2, 0) is 18.9 Å². The number of hydrogen-bond acceptors (Lipinski definition) is 6. The fourth-order valence-corrected chi connectivity index (χ4v) is 4.50. The SMILES string of the molecule is Cc1nnn(C)c1-c1ccc(NC(=O)[C@@H](NC(=O)c2ccnn2C)[C@H]2CC[C@H](C)CC2)nc1. The standard InChI is InChI=1S/C23H30N8O2/c1-14-5-7-16(8-6-14)20(27-22(32)18-11-12-25-30(18)3)23(33)26-19-10-9-17(13-24-19)21-15(2)28-29-31(21)4/h9-14,16,20H,5-8H2,1-4H3,(H,27,32)(H,24,26,33)/t14-,16-,20-/m0/s1. The van der Waals surface area contributed by atoms with Gasteiger partial charge >= 0.3 is 0 Å². The second-order valence-electron chi connectivity index (χ2n) is 8.88. The molecule has 33 heavy (non-hydrogen) atoms. The third-order valence-corrected chi connectivity index (χ3v) is 6.44. The van der Waals surface area contributed by atoms with Crippen LogP contribution < -0.4 is 10.6 Å². The number of carbonyl (C=O) groups is 2. The second kappa shape index (κ2) is 9.51. The summed E-state index contributed by atoms with van der Waals surface area (Å²) < 4.78 is 3.20. The predicted molar refractivity (Wildman–Crippen MR) is 123 cm³/mol. The third-order valence-electron chi connectivity index (χ3n) is 6.44. The minimum atomic E-state index is -0.648. The molecule has 0 aromatic carbocycles. The summed E-state index contributed by atoms with van der Waals surface area (Å²) in [7, 11) is 3.53. The monoisotopic (exact) mass is 450 g/mol. The van der Waals surface area contributed by atoms with Crippen LogP contribution in [0.5, 0.6) is 0 Å². The summed E-state index contributed by atoms with van der Waals surface area (Å²) in [6.07, 6.45) is 7.13. The Labute approximate surface area is 192 Å². The van der Waals surface area contributed by atoms with Crippen molar-refractivity contribution in [1.82, 2.24) is 35.1 Å². The minimum Gasteiger partial charge on any atom is -0.339 e. The van der Waals surface area contributed by atoms with Crippen molar-refractivity contribution >= 4 is 17.6 Å². The van der Waals surface area contributed by atoms with Crippen LogP contribution in [0.25, 0.3) is 11.3 Å². The first-order valence-corrected chi connectivity index (χ1v) is 11.3. The summed E-state index contributed by atoms with van der Waals surface area (Å²) >= 11 is 0. The van der Waals surface area contributed by atoms with E-state index in [-0.39, 0.29) is 17.7 Å². The number of pyridine rings is 1. The second-order valence-corrected chi connectivity index (χ2v) is 8.88. The highest BCUT2D eigenvalue weighted by Gasteiger charge is 2.33. The smallest absolute Gasteiger partial charge is 0.270 e. The van der Waals surface area contributed by atoms with Crippen LogP contribution >= 0.6 is 0 Å². The Kier molecular flexibility index (Phi) is 6.52. The predicted octanol–water partition coefficient (Wildman–Crippen LogP) is 2.48. The van der Waals surface area contributed by atoms with E-state index in [2.05, 4.69) is 38.0 Å². The highest BCUT2D eigenvalue weighted by atomic mass is 16.2. The Morgan fingerprint density at radius 2 is 1.85 bits per heavy atom. The van der Waals surface area contributed by atoms with Gasteiger partial charge in [0.15, 0.2) is 0 Å². The molecule has 0 spiro atoms. The first-order valence-electron chi connectivity index (χ1n) is 11.3. The van der Waals surface area contributed by atoms with Gasteiger partial charge in [-0.2, -0.15) is 5.10 Å². The van der Waals surface area contributed by atoms with Gasteiger partial charge < -0.3 is 10.6 Å². The summed E-state index contributed by atoms with van der Waals surface area (Å²) in [4.78, 5) is 30.6. The molecule has 0 saturated heterocycles. The summed E-state index contributed by atoms with van der Waals surface area (Å²) in [5, 5.41) is 18.0. The molecule has 2 amide bonds. The molecule has 0 bridgehead atoms. The summed E-state index contributed by atoms with van der Waals surface area (Å²) in [5.74, 6) is 0.568. The molecule has 1 fully saturated rings. The number of hydrogen-bond donors (Lipinski definition) is 2. The molecular weight excluding hydrogens is 420 g/mol. The van der Waals surface area contributed by atoms with Crippen molar-refractivity contribution < 1.29 is 9.59 Å². The van der Waals surface area contributed by atoms with Crippen molar-refractivity contribution in [3.63, 3.8) is 0 Å². The van der Waals surface area contributed by atoms with E-state index < -0.39 is 6.04 Å². The van der Waals surface area contributed by atoms with Gasteiger partial charge in [-0.25, -0.2) is 9.67 Å². The van der Waals surface area contributed by atoms with Crippen LogP contribution in [-0.4, -0.2) is 47.6 Å². The molecule has 174 valence electrons. The molecule has 1 aliphatic carbocycles. The van der Waals surface area contributed by atoms with E-state index >= 15 is 0 Å². The summed E-state index contributed by atoms with van der Waals surface area (Å²) in [6, 6.07) is 4.62. The van der Waals surface area contributed by atoms with Gasteiger partial charge in [0.2, 0.25) is 5.91 Å². The molecule has 4 rings (SSSR count). The third kappa shape index (κ3) is 4.94. The molecule has 0 unspecified atom stereocenters. The first-order chi connectivity index (χ1) is 15.8. The van der Waals surface area contributed by atoms with E-state index in [0.29, 0.717) is 17.4 Å². The van der Waals surface area contributed by atoms with Gasteiger partial charge in [0.05, 0.1) is 11.4 Å². The van der Waals surface area contributed by atoms with Crippen molar-refractivity contribution in [3.05, 3.63) is 42.0 Å². The van der Waals surface area contributed by atoms with E-state index in [0.717, 1.165) is 42.6 Å². The fourth-order valence-electron chi connectivity index (χ4n) is 4.50. The van der Waals surface area contributed by atoms with Crippen molar-refractivity contribution in [2.75, 3.05) is 5.32 Å². The van der Waals surface area contributed by atoms with Crippen LogP contribution in [0.4, 0.5) is 5.82 Å². The number of amides is 2. The molecule has 10 heteroatoms. The van der Waals surface area contributed by atoms with E-state index in [1.54, 1.807) is 36.3 Å². The van der Waals surface area contributed by atoms with Crippen LogP contribution in [0.2, 0.25) is 0 Å². The molecule has 3 aromatic heterocycles. The maximum atomic E-state index is 13.3. The Bertz CT molecular complexity index is 1110. The van der Waals surface area contributed by atoms with Crippen LogP contribution in [0.1, 0.15) is 48.8 Å². The quantitative estimate of drug-likeness (QED) is 0.595. The van der Waals surface area contributed by atoms with Gasteiger partial charge in [-0.1, -0.05) is 25.0 Å². The zero-order valence-corrected chi connectivity index (χ0v) is 19.4. The Balaban J connectivity index is 1.51. The van der Waals surface area contributed by atoms with Crippen molar-refractivity contribution in [3.8, 4) is 11.3 Å². The van der Waals surface area contributed by atoms with Crippen molar-refractivity contribution in [2.45, 2.75) is 45.6 Å². The topological polar surface area (TPSA) is 120 Å². The zero-order valence-electron chi connectivity index (χ0n) is 19.4. The molecule has 1 atom stereocenters. The Hall–Kier alpha value is -3.56. The lowest BCUT2D eigenvalue weighted by molar-refractivity contribution is -0.119. The van der Waals surface area contributed by atoms with Crippen LogP contribution in [0, 0.1) is 18.8 Å².